The molecule has 0 aliphatic heterocycles. The SMILES string of the molecule is COc1ccc(C=NNC(=O)c2cc3c(OC)c(OC)ccc3[nH]2)cc1O. The number of methoxy groups -OCH3 is 3. The minimum absolute atomic E-state index is 0.00978. The number of H-pyrrole nitrogens is 1. The number of aromatic nitrogens is 1. The summed E-state index contributed by atoms with van der Waals surface area (Å²) in [5.74, 6) is 1.06. The lowest BCUT2D eigenvalue weighted by Gasteiger charge is -2.07. The molecule has 0 aliphatic rings. The second kappa shape index (κ2) is 7.69. The van der Waals surface area contributed by atoms with Crippen LogP contribution in [0.5, 0.6) is 23.0 Å². The predicted molar refractivity (Wildman–Crippen MR) is 101 cm³/mol. The largest absolute Gasteiger partial charge is 0.504 e. The average molecular weight is 369 g/mol. The third-order valence-corrected chi connectivity index (χ3v) is 3.97. The van der Waals surface area contributed by atoms with E-state index in [2.05, 4.69) is 15.5 Å². The van der Waals surface area contributed by atoms with E-state index >= 15 is 0 Å². The second-order valence-electron chi connectivity index (χ2n) is 5.58. The smallest absolute Gasteiger partial charge is 0.287 e. The Labute approximate surface area is 155 Å². The van der Waals surface area contributed by atoms with Crippen molar-refractivity contribution in [3.05, 3.63) is 47.7 Å². The zero-order chi connectivity index (χ0) is 19.4. The lowest BCUT2D eigenvalue weighted by molar-refractivity contribution is 0.0951. The van der Waals surface area contributed by atoms with Gasteiger partial charge in [-0.05, 0) is 42.0 Å². The Hall–Kier alpha value is -3.68. The van der Waals surface area contributed by atoms with E-state index in [1.807, 2.05) is 0 Å². The van der Waals surface area contributed by atoms with Gasteiger partial charge in [0.1, 0.15) is 5.69 Å². The molecule has 0 fully saturated rings. The lowest BCUT2D eigenvalue weighted by atomic mass is 10.2. The Morgan fingerprint density at radius 1 is 1.07 bits per heavy atom. The Kier molecular flexibility index (Phi) is 5.16. The van der Waals surface area contributed by atoms with Gasteiger partial charge in [0.15, 0.2) is 23.0 Å². The van der Waals surface area contributed by atoms with Gasteiger partial charge in [-0.1, -0.05) is 0 Å². The van der Waals surface area contributed by atoms with Gasteiger partial charge < -0.3 is 24.3 Å². The molecule has 0 unspecified atom stereocenters. The van der Waals surface area contributed by atoms with E-state index in [0.717, 1.165) is 10.9 Å². The number of hydrazone groups is 1. The van der Waals surface area contributed by atoms with Crippen molar-refractivity contribution >= 4 is 23.0 Å². The van der Waals surface area contributed by atoms with Crippen molar-refractivity contribution in [1.29, 1.82) is 0 Å². The van der Waals surface area contributed by atoms with Gasteiger partial charge >= 0.3 is 0 Å². The van der Waals surface area contributed by atoms with E-state index < -0.39 is 5.91 Å². The number of phenols is 1. The molecule has 2 aromatic carbocycles. The number of nitrogens with zero attached hydrogens (tertiary/aromatic N) is 1. The Balaban J connectivity index is 1.77. The van der Waals surface area contributed by atoms with Crippen molar-refractivity contribution < 1.29 is 24.1 Å². The number of aromatic hydroxyl groups is 1. The quantitative estimate of drug-likeness (QED) is 0.458. The molecule has 0 bridgehead atoms. The van der Waals surface area contributed by atoms with Crippen molar-refractivity contribution in [2.24, 2.45) is 5.10 Å². The molecule has 1 amide bonds. The van der Waals surface area contributed by atoms with Crippen molar-refractivity contribution in [3.63, 3.8) is 0 Å². The first kappa shape index (κ1) is 18.1. The van der Waals surface area contributed by atoms with E-state index in [4.69, 9.17) is 14.2 Å². The van der Waals surface area contributed by atoms with E-state index in [0.29, 0.717) is 28.5 Å². The fourth-order valence-corrected chi connectivity index (χ4v) is 2.66. The zero-order valence-corrected chi connectivity index (χ0v) is 15.1. The number of carbonyl (C=O) groups excluding carboxylic acids is 1. The van der Waals surface area contributed by atoms with Crippen molar-refractivity contribution in [2.45, 2.75) is 0 Å². The predicted octanol–water partition coefficient (Wildman–Crippen LogP) is 2.66. The van der Waals surface area contributed by atoms with Gasteiger partial charge in [-0.15, -0.1) is 0 Å². The van der Waals surface area contributed by atoms with Crippen LogP contribution in [0.3, 0.4) is 0 Å². The maximum absolute atomic E-state index is 12.3. The molecule has 0 saturated carbocycles. The van der Waals surface area contributed by atoms with Crippen LogP contribution >= 0.6 is 0 Å². The third kappa shape index (κ3) is 3.64. The summed E-state index contributed by atoms with van der Waals surface area (Å²) >= 11 is 0. The standard InChI is InChI=1S/C19H19N3O5/c1-25-16-6-4-11(8-15(16)23)10-20-22-19(24)14-9-12-13(21-14)5-7-17(26-2)18(12)27-3/h4-10,21,23H,1-3H3,(H,22,24). The monoisotopic (exact) mass is 369 g/mol. The first-order chi connectivity index (χ1) is 13.1. The Bertz CT molecular complexity index is 1010. The van der Waals surface area contributed by atoms with Gasteiger partial charge in [0.25, 0.3) is 5.91 Å². The summed E-state index contributed by atoms with van der Waals surface area (Å²) in [6.07, 6.45) is 1.42. The number of fused-ring (bicyclic) bond motifs is 1. The first-order valence-electron chi connectivity index (χ1n) is 8.01. The van der Waals surface area contributed by atoms with Crippen LogP contribution in [0.25, 0.3) is 10.9 Å². The first-order valence-corrected chi connectivity index (χ1v) is 8.01. The van der Waals surface area contributed by atoms with Crippen LogP contribution in [0.1, 0.15) is 16.1 Å². The van der Waals surface area contributed by atoms with Crippen molar-refractivity contribution in [3.8, 4) is 23.0 Å². The maximum atomic E-state index is 12.3. The van der Waals surface area contributed by atoms with Crippen LogP contribution in [0.4, 0.5) is 0 Å². The molecule has 140 valence electrons. The highest BCUT2D eigenvalue weighted by molar-refractivity contribution is 6.00. The van der Waals surface area contributed by atoms with Crippen LogP contribution in [-0.4, -0.2) is 43.5 Å². The molecule has 27 heavy (non-hydrogen) atoms. The van der Waals surface area contributed by atoms with Gasteiger partial charge in [0, 0.05) is 5.39 Å². The summed E-state index contributed by atoms with van der Waals surface area (Å²) in [6.45, 7) is 0. The highest BCUT2D eigenvalue weighted by Crippen LogP contribution is 2.35. The molecule has 0 spiro atoms. The fourth-order valence-electron chi connectivity index (χ4n) is 2.66. The molecular weight excluding hydrogens is 350 g/mol. The van der Waals surface area contributed by atoms with E-state index in [1.54, 1.807) is 44.6 Å². The Morgan fingerprint density at radius 3 is 2.48 bits per heavy atom. The molecule has 8 nitrogen and oxygen atoms in total. The third-order valence-electron chi connectivity index (χ3n) is 3.97. The summed E-state index contributed by atoms with van der Waals surface area (Å²) in [5, 5.41) is 14.4. The second-order valence-corrected chi connectivity index (χ2v) is 5.58. The topological polar surface area (TPSA) is 105 Å². The number of amides is 1. The number of hydrogen-bond donors (Lipinski definition) is 3. The van der Waals surface area contributed by atoms with E-state index in [1.165, 1.54) is 19.4 Å². The lowest BCUT2D eigenvalue weighted by Crippen LogP contribution is -2.17. The molecule has 0 radical (unpaired) electrons. The summed E-state index contributed by atoms with van der Waals surface area (Å²) < 4.78 is 15.6. The number of phenolic OH excluding ortho intramolecular Hbond substituents is 1. The van der Waals surface area contributed by atoms with Crippen LogP contribution in [0, 0.1) is 0 Å². The number of ether oxygens (including phenoxy) is 3. The summed E-state index contributed by atoms with van der Waals surface area (Å²) in [5.41, 5.74) is 4.11. The molecule has 8 heteroatoms. The molecule has 3 rings (SSSR count). The number of aromatic amines is 1. The van der Waals surface area contributed by atoms with Gasteiger partial charge in [0.2, 0.25) is 0 Å². The molecule has 3 N–H and O–H groups in total. The molecule has 1 aromatic heterocycles. The Morgan fingerprint density at radius 2 is 1.81 bits per heavy atom. The number of rotatable bonds is 6. The summed E-state index contributed by atoms with van der Waals surface area (Å²) in [4.78, 5) is 15.3. The molecule has 0 saturated heterocycles. The van der Waals surface area contributed by atoms with Crippen molar-refractivity contribution in [2.75, 3.05) is 21.3 Å². The number of hydrogen-bond acceptors (Lipinski definition) is 6. The normalized spacial score (nSPS) is 10.9. The maximum Gasteiger partial charge on any atom is 0.287 e. The number of benzene rings is 2. The summed E-state index contributed by atoms with van der Waals surface area (Å²) in [6, 6.07) is 10.0. The van der Waals surface area contributed by atoms with E-state index in [9.17, 15) is 9.90 Å². The molecular formula is C19H19N3O5. The molecule has 3 aromatic rings. The average Bonchev–Trinajstić information content (AvgIpc) is 3.11. The summed E-state index contributed by atoms with van der Waals surface area (Å²) in [7, 11) is 4.56. The minimum Gasteiger partial charge on any atom is -0.504 e. The molecule has 0 aliphatic carbocycles. The fraction of sp³-hybridized carbons (Fsp3) is 0.158. The highest BCUT2D eigenvalue weighted by Gasteiger charge is 2.15. The zero-order valence-electron chi connectivity index (χ0n) is 15.1. The van der Waals surface area contributed by atoms with Crippen LogP contribution < -0.4 is 19.6 Å². The molecule has 1 heterocycles. The van der Waals surface area contributed by atoms with Crippen LogP contribution in [-0.2, 0) is 0 Å². The van der Waals surface area contributed by atoms with Gasteiger partial charge in [0.05, 0.1) is 33.1 Å². The number of nitrogens with one attached hydrogen (secondary N) is 2. The highest BCUT2D eigenvalue weighted by atomic mass is 16.5. The minimum atomic E-state index is -0.416. The van der Waals surface area contributed by atoms with Gasteiger partial charge in [-0.25, -0.2) is 5.43 Å². The molecule has 0 atom stereocenters. The van der Waals surface area contributed by atoms with Crippen LogP contribution in [0.15, 0.2) is 41.5 Å². The van der Waals surface area contributed by atoms with Gasteiger partial charge in [-0.3, -0.25) is 4.79 Å². The van der Waals surface area contributed by atoms with E-state index in [-0.39, 0.29) is 5.75 Å². The van der Waals surface area contributed by atoms with Crippen LogP contribution in [0.2, 0.25) is 0 Å². The number of carbonyl (C=O) groups is 1. The van der Waals surface area contributed by atoms with Gasteiger partial charge in [-0.2, -0.15) is 5.10 Å². The van der Waals surface area contributed by atoms with Crippen molar-refractivity contribution in [1.82, 2.24) is 10.4 Å².